The SMILES string of the molecule is CCc1ccc(C(C)NC(=O)CSc2nncn2C(C)C)cc1. The van der Waals surface area contributed by atoms with Crippen molar-refractivity contribution in [3.05, 3.63) is 41.7 Å². The van der Waals surface area contributed by atoms with Crippen LogP contribution < -0.4 is 5.32 Å². The number of nitrogens with zero attached hydrogens (tertiary/aromatic N) is 3. The van der Waals surface area contributed by atoms with Gasteiger partial charge in [0.2, 0.25) is 5.91 Å². The number of amides is 1. The molecule has 5 nitrogen and oxygen atoms in total. The Kier molecular flexibility index (Phi) is 6.21. The lowest BCUT2D eigenvalue weighted by Gasteiger charge is -2.15. The van der Waals surface area contributed by atoms with Crippen molar-refractivity contribution in [2.45, 2.75) is 51.4 Å². The topological polar surface area (TPSA) is 59.8 Å². The second-order valence-corrected chi connectivity index (χ2v) is 6.73. The first-order chi connectivity index (χ1) is 11.0. The Balaban J connectivity index is 1.87. The number of hydrogen-bond donors (Lipinski definition) is 1. The maximum atomic E-state index is 12.1. The molecule has 0 aliphatic rings. The minimum Gasteiger partial charge on any atom is -0.349 e. The number of carbonyl (C=O) groups is 1. The van der Waals surface area contributed by atoms with E-state index in [1.165, 1.54) is 17.3 Å². The molecule has 0 aliphatic heterocycles. The van der Waals surface area contributed by atoms with Gasteiger partial charge in [0.25, 0.3) is 0 Å². The molecule has 0 radical (unpaired) electrons. The Morgan fingerprint density at radius 2 is 1.96 bits per heavy atom. The summed E-state index contributed by atoms with van der Waals surface area (Å²) in [5.41, 5.74) is 2.42. The van der Waals surface area contributed by atoms with E-state index in [2.05, 4.69) is 60.6 Å². The number of nitrogens with one attached hydrogen (secondary N) is 1. The summed E-state index contributed by atoms with van der Waals surface area (Å²) < 4.78 is 1.96. The van der Waals surface area contributed by atoms with Gasteiger partial charge in [0.05, 0.1) is 11.8 Å². The van der Waals surface area contributed by atoms with E-state index >= 15 is 0 Å². The third kappa shape index (κ3) is 4.82. The summed E-state index contributed by atoms with van der Waals surface area (Å²) in [6.45, 7) is 8.26. The van der Waals surface area contributed by atoms with Crippen LogP contribution in [0.1, 0.15) is 50.9 Å². The van der Waals surface area contributed by atoms with Gasteiger partial charge in [0.1, 0.15) is 6.33 Å². The van der Waals surface area contributed by atoms with Crippen molar-refractivity contribution in [1.29, 1.82) is 0 Å². The van der Waals surface area contributed by atoms with Gasteiger partial charge < -0.3 is 9.88 Å². The molecule has 0 saturated heterocycles. The molecule has 23 heavy (non-hydrogen) atoms. The third-order valence-corrected chi connectivity index (χ3v) is 4.65. The Bertz CT molecular complexity index is 636. The van der Waals surface area contributed by atoms with E-state index in [9.17, 15) is 4.79 Å². The van der Waals surface area contributed by atoms with Crippen LogP contribution in [0.3, 0.4) is 0 Å². The standard InChI is InChI=1S/C17H24N4OS/c1-5-14-6-8-15(9-7-14)13(4)19-16(22)10-23-17-20-18-11-21(17)12(2)3/h6-9,11-13H,5,10H2,1-4H3,(H,19,22). The summed E-state index contributed by atoms with van der Waals surface area (Å²) in [6, 6.07) is 8.65. The minimum absolute atomic E-state index is 0.000346. The summed E-state index contributed by atoms with van der Waals surface area (Å²) in [5, 5.41) is 11.8. The quantitative estimate of drug-likeness (QED) is 0.790. The molecule has 1 amide bonds. The van der Waals surface area contributed by atoms with Crippen molar-refractivity contribution in [2.24, 2.45) is 0 Å². The minimum atomic E-state index is -0.00280. The molecule has 0 saturated carbocycles. The van der Waals surface area contributed by atoms with Gasteiger partial charge in [-0.15, -0.1) is 10.2 Å². The van der Waals surface area contributed by atoms with Crippen LogP contribution in [-0.2, 0) is 11.2 Å². The lowest BCUT2D eigenvalue weighted by Crippen LogP contribution is -2.28. The second kappa shape index (κ2) is 8.15. The number of rotatable bonds is 7. The highest BCUT2D eigenvalue weighted by Gasteiger charge is 2.13. The van der Waals surface area contributed by atoms with Crippen molar-refractivity contribution in [3.63, 3.8) is 0 Å². The fraction of sp³-hybridized carbons (Fsp3) is 0.471. The third-order valence-electron chi connectivity index (χ3n) is 3.69. The summed E-state index contributed by atoms with van der Waals surface area (Å²) >= 11 is 1.41. The van der Waals surface area contributed by atoms with Crippen molar-refractivity contribution in [2.75, 3.05) is 5.75 Å². The number of thioether (sulfide) groups is 1. The molecule has 0 aliphatic carbocycles. The van der Waals surface area contributed by atoms with Gasteiger partial charge in [-0.3, -0.25) is 4.79 Å². The van der Waals surface area contributed by atoms with Crippen molar-refractivity contribution < 1.29 is 4.79 Å². The Hall–Kier alpha value is -1.82. The zero-order valence-electron chi connectivity index (χ0n) is 14.1. The highest BCUT2D eigenvalue weighted by Crippen LogP contribution is 2.19. The average molecular weight is 332 g/mol. The first-order valence-electron chi connectivity index (χ1n) is 7.91. The lowest BCUT2D eigenvalue weighted by molar-refractivity contribution is -0.119. The van der Waals surface area contributed by atoms with Crippen molar-refractivity contribution >= 4 is 17.7 Å². The van der Waals surface area contributed by atoms with Crippen LogP contribution in [0.4, 0.5) is 0 Å². The molecule has 1 heterocycles. The molecule has 0 bridgehead atoms. The molecule has 1 N–H and O–H groups in total. The fourth-order valence-electron chi connectivity index (χ4n) is 2.23. The van der Waals surface area contributed by atoms with E-state index in [4.69, 9.17) is 0 Å². The van der Waals surface area contributed by atoms with Crippen molar-refractivity contribution in [3.8, 4) is 0 Å². The molecule has 6 heteroatoms. The number of aromatic nitrogens is 3. The van der Waals surface area contributed by atoms with E-state index in [-0.39, 0.29) is 18.0 Å². The van der Waals surface area contributed by atoms with E-state index in [1.807, 2.05) is 11.5 Å². The molecule has 0 fully saturated rings. The average Bonchev–Trinajstić information content (AvgIpc) is 3.01. The Morgan fingerprint density at radius 3 is 2.57 bits per heavy atom. The summed E-state index contributed by atoms with van der Waals surface area (Å²) in [6.07, 6.45) is 2.72. The fourth-order valence-corrected chi connectivity index (χ4v) is 3.08. The van der Waals surface area contributed by atoms with E-state index < -0.39 is 0 Å². The molecule has 1 aromatic heterocycles. The number of benzene rings is 1. The van der Waals surface area contributed by atoms with E-state index in [0.29, 0.717) is 5.75 Å². The van der Waals surface area contributed by atoms with Gasteiger partial charge in [-0.2, -0.15) is 0 Å². The first kappa shape index (κ1) is 17.5. The van der Waals surface area contributed by atoms with Gasteiger partial charge in [0, 0.05) is 6.04 Å². The van der Waals surface area contributed by atoms with Gasteiger partial charge in [-0.25, -0.2) is 0 Å². The highest BCUT2D eigenvalue weighted by atomic mass is 32.2. The monoisotopic (exact) mass is 332 g/mol. The maximum absolute atomic E-state index is 12.1. The van der Waals surface area contributed by atoms with Gasteiger partial charge in [-0.1, -0.05) is 43.0 Å². The smallest absolute Gasteiger partial charge is 0.230 e. The number of hydrogen-bond acceptors (Lipinski definition) is 4. The van der Waals surface area contributed by atoms with Crippen molar-refractivity contribution in [1.82, 2.24) is 20.1 Å². The van der Waals surface area contributed by atoms with Crippen LogP contribution in [0, 0.1) is 0 Å². The molecular weight excluding hydrogens is 308 g/mol. The predicted octanol–water partition coefficient (Wildman–Crippen LogP) is 3.39. The lowest BCUT2D eigenvalue weighted by atomic mass is 10.1. The zero-order valence-corrected chi connectivity index (χ0v) is 14.9. The molecule has 1 unspecified atom stereocenters. The van der Waals surface area contributed by atoms with Gasteiger partial charge in [-0.05, 0) is 38.3 Å². The van der Waals surface area contributed by atoms with Gasteiger partial charge >= 0.3 is 0 Å². The summed E-state index contributed by atoms with van der Waals surface area (Å²) in [4.78, 5) is 12.1. The molecule has 1 aromatic carbocycles. The number of carbonyl (C=O) groups excluding carboxylic acids is 1. The normalized spacial score (nSPS) is 12.4. The molecule has 124 valence electrons. The second-order valence-electron chi connectivity index (χ2n) is 5.79. The van der Waals surface area contributed by atoms with Gasteiger partial charge in [0.15, 0.2) is 5.16 Å². The Labute approximate surface area is 141 Å². The molecule has 2 rings (SSSR count). The maximum Gasteiger partial charge on any atom is 0.230 e. The Morgan fingerprint density at radius 1 is 1.26 bits per heavy atom. The number of aryl methyl sites for hydroxylation is 1. The van der Waals surface area contributed by atoms with E-state index in [1.54, 1.807) is 6.33 Å². The molecule has 0 spiro atoms. The summed E-state index contributed by atoms with van der Waals surface area (Å²) in [7, 11) is 0. The van der Waals surface area contributed by atoms with E-state index in [0.717, 1.165) is 17.1 Å². The predicted molar refractivity (Wildman–Crippen MR) is 93.5 cm³/mol. The van der Waals surface area contributed by atoms with Crippen LogP contribution in [0.15, 0.2) is 35.7 Å². The highest BCUT2D eigenvalue weighted by molar-refractivity contribution is 7.99. The molecular formula is C17H24N4OS. The first-order valence-corrected chi connectivity index (χ1v) is 8.90. The molecule has 1 atom stereocenters. The van der Waals surface area contributed by atoms with Crippen LogP contribution in [0.25, 0.3) is 0 Å². The molecule has 2 aromatic rings. The zero-order chi connectivity index (χ0) is 16.8. The summed E-state index contributed by atoms with van der Waals surface area (Å²) in [5.74, 6) is 0.336. The van der Waals surface area contributed by atoms with Crippen LogP contribution >= 0.6 is 11.8 Å². The largest absolute Gasteiger partial charge is 0.349 e. The van der Waals surface area contributed by atoms with Crippen LogP contribution in [0.5, 0.6) is 0 Å². The van der Waals surface area contributed by atoms with Crippen LogP contribution in [0.2, 0.25) is 0 Å². The van der Waals surface area contributed by atoms with Crippen LogP contribution in [-0.4, -0.2) is 26.4 Å².